The number of nitrogens with one attached hydrogen (secondary N) is 2. The van der Waals surface area contributed by atoms with E-state index in [0.717, 1.165) is 0 Å². The van der Waals surface area contributed by atoms with Gasteiger partial charge in [0.15, 0.2) is 11.9 Å². The van der Waals surface area contributed by atoms with Crippen LogP contribution < -0.4 is 10.6 Å². The molecule has 0 unspecified atom stereocenters. The molecule has 1 aromatic heterocycles. The van der Waals surface area contributed by atoms with E-state index < -0.39 is 29.9 Å². The number of carbonyl (C=O) groups is 3. The lowest BCUT2D eigenvalue weighted by Gasteiger charge is -2.22. The van der Waals surface area contributed by atoms with Crippen molar-refractivity contribution in [1.29, 1.82) is 0 Å². The van der Waals surface area contributed by atoms with Crippen molar-refractivity contribution in [3.8, 4) is 0 Å². The standard InChI is InChI=1S/C19H21ClN2O5/c1-11(2)16(22-18(24)15-5-4-10-26-15)19(25)27-12(3)17(23)21-14-8-6-13(20)7-9-14/h4-12,16H,1-3H3,(H,21,23)(H,22,24)/t12-,16+/m1/s1. The molecular formula is C19H21ClN2O5. The third-order valence-corrected chi connectivity index (χ3v) is 3.98. The van der Waals surface area contributed by atoms with Crippen LogP contribution in [0.25, 0.3) is 0 Å². The number of carbonyl (C=O) groups excluding carboxylic acids is 3. The fourth-order valence-electron chi connectivity index (χ4n) is 2.20. The Labute approximate surface area is 162 Å². The zero-order valence-corrected chi connectivity index (χ0v) is 15.9. The van der Waals surface area contributed by atoms with Gasteiger partial charge in [-0.15, -0.1) is 0 Å². The van der Waals surface area contributed by atoms with Gasteiger partial charge in [0.1, 0.15) is 6.04 Å². The van der Waals surface area contributed by atoms with Gasteiger partial charge in [-0.25, -0.2) is 4.79 Å². The molecule has 8 heteroatoms. The first-order chi connectivity index (χ1) is 12.8. The smallest absolute Gasteiger partial charge is 0.329 e. The second-order valence-electron chi connectivity index (χ2n) is 6.25. The molecule has 0 aliphatic carbocycles. The number of amides is 2. The van der Waals surface area contributed by atoms with Gasteiger partial charge in [0.2, 0.25) is 0 Å². The van der Waals surface area contributed by atoms with E-state index in [1.165, 1.54) is 19.3 Å². The van der Waals surface area contributed by atoms with E-state index in [9.17, 15) is 14.4 Å². The first-order valence-corrected chi connectivity index (χ1v) is 8.77. The molecule has 144 valence electrons. The van der Waals surface area contributed by atoms with E-state index in [1.807, 2.05) is 0 Å². The van der Waals surface area contributed by atoms with Gasteiger partial charge < -0.3 is 19.8 Å². The number of esters is 1. The SMILES string of the molecule is CC(C)[C@H](NC(=O)c1ccco1)C(=O)O[C@H](C)C(=O)Nc1ccc(Cl)cc1. The molecule has 0 saturated carbocycles. The van der Waals surface area contributed by atoms with Gasteiger partial charge in [0, 0.05) is 10.7 Å². The predicted octanol–water partition coefficient (Wildman–Crippen LogP) is 3.26. The van der Waals surface area contributed by atoms with Gasteiger partial charge >= 0.3 is 5.97 Å². The Hall–Kier alpha value is -2.80. The zero-order valence-electron chi connectivity index (χ0n) is 15.2. The monoisotopic (exact) mass is 392 g/mol. The molecule has 27 heavy (non-hydrogen) atoms. The van der Waals surface area contributed by atoms with E-state index in [-0.39, 0.29) is 11.7 Å². The normalized spacial score (nSPS) is 12.9. The van der Waals surface area contributed by atoms with Crippen molar-refractivity contribution >= 4 is 35.1 Å². The Bertz CT molecular complexity index is 787. The topological polar surface area (TPSA) is 97.6 Å². The molecule has 7 nitrogen and oxygen atoms in total. The minimum atomic E-state index is -1.05. The van der Waals surface area contributed by atoms with Crippen molar-refractivity contribution in [2.45, 2.75) is 32.9 Å². The highest BCUT2D eigenvalue weighted by Crippen LogP contribution is 2.14. The maximum absolute atomic E-state index is 12.4. The zero-order chi connectivity index (χ0) is 20.0. The number of hydrogen-bond acceptors (Lipinski definition) is 5. The summed E-state index contributed by atoms with van der Waals surface area (Å²) >= 11 is 5.80. The van der Waals surface area contributed by atoms with Crippen molar-refractivity contribution in [1.82, 2.24) is 5.32 Å². The molecule has 0 aliphatic heterocycles. The molecular weight excluding hydrogens is 372 g/mol. The van der Waals surface area contributed by atoms with Crippen LogP contribution in [0.4, 0.5) is 5.69 Å². The summed E-state index contributed by atoms with van der Waals surface area (Å²) in [4.78, 5) is 36.8. The average Bonchev–Trinajstić information content (AvgIpc) is 3.15. The fourth-order valence-corrected chi connectivity index (χ4v) is 2.32. The first kappa shape index (κ1) is 20.5. The number of halogens is 1. The molecule has 2 rings (SSSR count). The van der Waals surface area contributed by atoms with Crippen molar-refractivity contribution < 1.29 is 23.5 Å². The van der Waals surface area contributed by atoms with Crippen molar-refractivity contribution in [3.63, 3.8) is 0 Å². The van der Waals surface area contributed by atoms with Gasteiger partial charge in [0.05, 0.1) is 6.26 Å². The van der Waals surface area contributed by atoms with Gasteiger partial charge in [0.25, 0.3) is 11.8 Å². The van der Waals surface area contributed by atoms with Crippen molar-refractivity contribution in [2.75, 3.05) is 5.32 Å². The maximum Gasteiger partial charge on any atom is 0.329 e. The van der Waals surface area contributed by atoms with E-state index in [0.29, 0.717) is 10.7 Å². The molecule has 0 aliphatic rings. The van der Waals surface area contributed by atoms with Crippen LogP contribution in [0.1, 0.15) is 31.3 Å². The lowest BCUT2D eigenvalue weighted by Crippen LogP contribution is -2.47. The fraction of sp³-hybridized carbons (Fsp3) is 0.316. The van der Waals surface area contributed by atoms with E-state index >= 15 is 0 Å². The average molecular weight is 393 g/mol. The Balaban J connectivity index is 1.95. The molecule has 0 fully saturated rings. The Morgan fingerprint density at radius 3 is 2.30 bits per heavy atom. The highest BCUT2D eigenvalue weighted by molar-refractivity contribution is 6.30. The first-order valence-electron chi connectivity index (χ1n) is 8.39. The van der Waals surface area contributed by atoms with Crippen LogP contribution in [0.3, 0.4) is 0 Å². The largest absolute Gasteiger partial charge is 0.459 e. The molecule has 0 bridgehead atoms. The van der Waals surface area contributed by atoms with E-state index in [2.05, 4.69) is 10.6 Å². The molecule has 2 amide bonds. The van der Waals surface area contributed by atoms with Crippen LogP contribution in [0.2, 0.25) is 5.02 Å². The van der Waals surface area contributed by atoms with Crippen LogP contribution in [0.15, 0.2) is 47.1 Å². The molecule has 0 radical (unpaired) electrons. The molecule has 1 aromatic carbocycles. The molecule has 2 atom stereocenters. The number of anilines is 1. The highest BCUT2D eigenvalue weighted by atomic mass is 35.5. The summed E-state index contributed by atoms with van der Waals surface area (Å²) in [5.74, 6) is -1.90. The van der Waals surface area contributed by atoms with Crippen molar-refractivity contribution in [3.05, 3.63) is 53.4 Å². The number of ether oxygens (including phenoxy) is 1. The summed E-state index contributed by atoms with van der Waals surface area (Å²) in [6.07, 6.45) is 0.316. The van der Waals surface area contributed by atoms with Gasteiger partial charge in [-0.2, -0.15) is 0 Å². The highest BCUT2D eigenvalue weighted by Gasteiger charge is 2.29. The van der Waals surface area contributed by atoms with Crippen LogP contribution >= 0.6 is 11.6 Å². The van der Waals surface area contributed by atoms with E-state index in [1.54, 1.807) is 44.2 Å². The second-order valence-corrected chi connectivity index (χ2v) is 6.68. The van der Waals surface area contributed by atoms with Crippen LogP contribution in [-0.4, -0.2) is 29.9 Å². The third-order valence-electron chi connectivity index (χ3n) is 3.73. The summed E-state index contributed by atoms with van der Waals surface area (Å²) in [6, 6.07) is 8.67. The number of hydrogen-bond donors (Lipinski definition) is 2. The van der Waals surface area contributed by atoms with Crippen molar-refractivity contribution in [2.24, 2.45) is 5.92 Å². The Morgan fingerprint density at radius 1 is 1.07 bits per heavy atom. The number of furan rings is 1. The summed E-state index contributed by atoms with van der Waals surface area (Å²) in [5.41, 5.74) is 0.527. The predicted molar refractivity (Wildman–Crippen MR) is 100 cm³/mol. The van der Waals surface area contributed by atoms with Crippen LogP contribution in [-0.2, 0) is 14.3 Å². The van der Waals surface area contributed by atoms with Crippen LogP contribution in [0, 0.1) is 5.92 Å². The molecule has 1 heterocycles. The minimum absolute atomic E-state index is 0.0852. The Morgan fingerprint density at radius 2 is 1.74 bits per heavy atom. The number of benzene rings is 1. The summed E-state index contributed by atoms with van der Waals surface area (Å²) in [7, 11) is 0. The van der Waals surface area contributed by atoms with Gasteiger partial charge in [-0.3, -0.25) is 9.59 Å². The summed E-state index contributed by atoms with van der Waals surface area (Å²) in [6.45, 7) is 4.97. The second kappa shape index (κ2) is 9.23. The lowest BCUT2D eigenvalue weighted by molar-refractivity contribution is -0.156. The Kier molecular flexibility index (Phi) is 7.01. The maximum atomic E-state index is 12.4. The minimum Gasteiger partial charge on any atom is -0.459 e. The molecule has 0 saturated heterocycles. The van der Waals surface area contributed by atoms with Gasteiger partial charge in [-0.1, -0.05) is 25.4 Å². The van der Waals surface area contributed by atoms with Gasteiger partial charge in [-0.05, 0) is 49.2 Å². The molecule has 0 spiro atoms. The number of rotatable bonds is 7. The van der Waals surface area contributed by atoms with Crippen LogP contribution in [0.5, 0.6) is 0 Å². The molecule has 2 N–H and O–H groups in total. The molecule has 2 aromatic rings. The summed E-state index contributed by atoms with van der Waals surface area (Å²) < 4.78 is 10.2. The lowest BCUT2D eigenvalue weighted by atomic mass is 10.0. The summed E-state index contributed by atoms with van der Waals surface area (Å²) in [5, 5.41) is 5.73. The van der Waals surface area contributed by atoms with E-state index in [4.69, 9.17) is 20.8 Å². The quantitative estimate of drug-likeness (QED) is 0.705. The third kappa shape index (κ3) is 5.86.